The van der Waals surface area contributed by atoms with Gasteiger partial charge >= 0.3 is 0 Å². The van der Waals surface area contributed by atoms with Crippen molar-refractivity contribution >= 4 is 5.69 Å². The highest BCUT2D eigenvalue weighted by molar-refractivity contribution is 5.44. The number of nitrogens with zero attached hydrogens (tertiary/aromatic N) is 1. The predicted octanol–water partition coefficient (Wildman–Crippen LogP) is 2.31. The average Bonchev–Trinajstić information content (AvgIpc) is 2.35. The van der Waals surface area contributed by atoms with Gasteiger partial charge in [-0.3, -0.25) is 0 Å². The molecule has 19 heavy (non-hydrogen) atoms. The minimum Gasteiger partial charge on any atom is -0.381 e. The van der Waals surface area contributed by atoms with E-state index in [1.807, 2.05) is 0 Å². The fourth-order valence-electron chi connectivity index (χ4n) is 1.56. The first-order chi connectivity index (χ1) is 9.00. The highest BCUT2D eigenvalue weighted by atomic mass is 19.1. The number of anilines is 1. The summed E-state index contributed by atoms with van der Waals surface area (Å²) in [6.07, 6.45) is 0. The maximum Gasteiger partial charge on any atom is 0.149 e. The monoisotopic (exact) mass is 271 g/mol. The average molecular weight is 271 g/mol. The molecule has 0 aliphatic carbocycles. The number of halogens is 2. The normalized spacial score (nSPS) is 11.3. The summed E-state index contributed by atoms with van der Waals surface area (Å²) >= 11 is 0. The van der Waals surface area contributed by atoms with Gasteiger partial charge in [0, 0.05) is 38.3 Å². The van der Waals surface area contributed by atoms with Gasteiger partial charge in [-0.1, -0.05) is 0 Å². The van der Waals surface area contributed by atoms with E-state index in [2.05, 4.69) is 36.4 Å². The van der Waals surface area contributed by atoms with Crippen molar-refractivity contribution in [2.24, 2.45) is 0 Å². The molecule has 0 radical (unpaired) electrons. The van der Waals surface area contributed by atoms with Crippen LogP contribution in [0, 0.1) is 11.6 Å². The standard InChI is InChI=1S/C14H23F2N3/c1-11(2)19(3)9-8-17-6-7-18-14-5-4-12(15)10-13(14)16/h4-5,10-11,17-18H,6-9H2,1-3H3. The van der Waals surface area contributed by atoms with Gasteiger partial charge in [0.1, 0.15) is 11.6 Å². The molecule has 2 N–H and O–H groups in total. The van der Waals surface area contributed by atoms with Crippen LogP contribution in [0.4, 0.5) is 14.5 Å². The van der Waals surface area contributed by atoms with Crippen LogP contribution < -0.4 is 10.6 Å². The molecule has 0 fully saturated rings. The molecule has 0 atom stereocenters. The van der Waals surface area contributed by atoms with Gasteiger partial charge in [-0.15, -0.1) is 0 Å². The van der Waals surface area contributed by atoms with E-state index in [1.165, 1.54) is 12.1 Å². The molecule has 0 aliphatic rings. The first-order valence-corrected chi connectivity index (χ1v) is 6.60. The molecule has 0 amide bonds. The van der Waals surface area contributed by atoms with Gasteiger partial charge in [0.15, 0.2) is 0 Å². The first kappa shape index (κ1) is 15.9. The SMILES string of the molecule is CC(C)N(C)CCNCCNc1ccc(F)cc1F. The quantitative estimate of drug-likeness (QED) is 0.711. The largest absolute Gasteiger partial charge is 0.381 e. The summed E-state index contributed by atoms with van der Waals surface area (Å²) in [4.78, 5) is 2.25. The Kier molecular flexibility index (Phi) is 6.73. The van der Waals surface area contributed by atoms with E-state index >= 15 is 0 Å². The maximum absolute atomic E-state index is 13.3. The Labute approximate surface area is 114 Å². The van der Waals surface area contributed by atoms with Crippen LogP contribution in [0.1, 0.15) is 13.8 Å². The second kappa shape index (κ2) is 8.07. The molecule has 0 saturated carbocycles. The second-order valence-electron chi connectivity index (χ2n) is 4.88. The van der Waals surface area contributed by atoms with Crippen molar-refractivity contribution in [3.05, 3.63) is 29.8 Å². The zero-order chi connectivity index (χ0) is 14.3. The summed E-state index contributed by atoms with van der Waals surface area (Å²) in [7, 11) is 2.08. The molecule has 5 heteroatoms. The molecule has 1 aromatic carbocycles. The van der Waals surface area contributed by atoms with E-state index < -0.39 is 11.6 Å². The fourth-order valence-corrected chi connectivity index (χ4v) is 1.56. The van der Waals surface area contributed by atoms with Gasteiger partial charge in [-0.05, 0) is 33.0 Å². The lowest BCUT2D eigenvalue weighted by atomic mass is 10.3. The number of nitrogens with one attached hydrogen (secondary N) is 2. The molecule has 0 bridgehead atoms. The molecule has 1 rings (SSSR count). The maximum atomic E-state index is 13.3. The molecule has 0 saturated heterocycles. The van der Waals surface area contributed by atoms with Crippen molar-refractivity contribution in [3.63, 3.8) is 0 Å². The Hall–Kier alpha value is -1.20. The summed E-state index contributed by atoms with van der Waals surface area (Å²) in [6.45, 7) is 7.51. The molecule has 0 aliphatic heterocycles. The molecule has 0 spiro atoms. The van der Waals surface area contributed by atoms with Gasteiger partial charge in [0.25, 0.3) is 0 Å². The predicted molar refractivity (Wildman–Crippen MR) is 75.5 cm³/mol. The Balaban J connectivity index is 2.14. The third-order valence-corrected chi connectivity index (χ3v) is 3.07. The summed E-state index contributed by atoms with van der Waals surface area (Å²) in [5.74, 6) is -1.11. The summed E-state index contributed by atoms with van der Waals surface area (Å²) in [5.41, 5.74) is 0.336. The van der Waals surface area contributed by atoms with Crippen LogP contribution >= 0.6 is 0 Å². The Morgan fingerprint density at radius 3 is 2.53 bits per heavy atom. The molecule has 0 unspecified atom stereocenters. The Morgan fingerprint density at radius 2 is 1.89 bits per heavy atom. The third-order valence-electron chi connectivity index (χ3n) is 3.07. The minimum absolute atomic E-state index is 0.336. The number of likely N-dealkylation sites (N-methyl/N-ethyl adjacent to an activating group) is 1. The van der Waals surface area contributed by atoms with Gasteiger partial charge in [-0.2, -0.15) is 0 Å². The number of hydrogen-bond acceptors (Lipinski definition) is 3. The molecule has 1 aromatic rings. The number of hydrogen-bond donors (Lipinski definition) is 2. The highest BCUT2D eigenvalue weighted by Crippen LogP contribution is 2.14. The van der Waals surface area contributed by atoms with Crippen LogP contribution in [0.15, 0.2) is 18.2 Å². The second-order valence-corrected chi connectivity index (χ2v) is 4.88. The highest BCUT2D eigenvalue weighted by Gasteiger charge is 2.03. The van der Waals surface area contributed by atoms with Crippen LogP contribution in [0.3, 0.4) is 0 Å². The molecular formula is C14H23F2N3. The summed E-state index contributed by atoms with van der Waals surface area (Å²) in [6, 6.07) is 4.08. The van der Waals surface area contributed by atoms with Crippen LogP contribution in [0.5, 0.6) is 0 Å². The molecule has 3 nitrogen and oxygen atoms in total. The lowest BCUT2D eigenvalue weighted by molar-refractivity contribution is 0.274. The third kappa shape index (κ3) is 5.98. The van der Waals surface area contributed by atoms with E-state index in [9.17, 15) is 8.78 Å². The lowest BCUT2D eigenvalue weighted by Crippen LogP contribution is -2.35. The Morgan fingerprint density at radius 1 is 1.16 bits per heavy atom. The molecule has 108 valence electrons. The van der Waals surface area contributed by atoms with E-state index in [1.54, 1.807) is 0 Å². The van der Waals surface area contributed by atoms with E-state index in [-0.39, 0.29) is 0 Å². The zero-order valence-electron chi connectivity index (χ0n) is 11.8. The Bertz CT molecular complexity index is 383. The van der Waals surface area contributed by atoms with Crippen molar-refractivity contribution in [1.82, 2.24) is 10.2 Å². The van der Waals surface area contributed by atoms with E-state index in [4.69, 9.17) is 0 Å². The van der Waals surface area contributed by atoms with Crippen molar-refractivity contribution in [2.75, 3.05) is 38.5 Å². The van der Waals surface area contributed by atoms with Crippen molar-refractivity contribution in [1.29, 1.82) is 0 Å². The van der Waals surface area contributed by atoms with Gasteiger partial charge in [-0.25, -0.2) is 8.78 Å². The van der Waals surface area contributed by atoms with Crippen molar-refractivity contribution in [2.45, 2.75) is 19.9 Å². The van der Waals surface area contributed by atoms with Gasteiger partial charge in [0.2, 0.25) is 0 Å². The van der Waals surface area contributed by atoms with Gasteiger partial charge < -0.3 is 15.5 Å². The van der Waals surface area contributed by atoms with Crippen LogP contribution in [-0.4, -0.2) is 44.2 Å². The van der Waals surface area contributed by atoms with Crippen LogP contribution in [-0.2, 0) is 0 Å². The smallest absolute Gasteiger partial charge is 0.149 e. The molecular weight excluding hydrogens is 248 g/mol. The topological polar surface area (TPSA) is 27.3 Å². The first-order valence-electron chi connectivity index (χ1n) is 6.60. The summed E-state index contributed by atoms with van der Waals surface area (Å²) < 4.78 is 26.0. The fraction of sp³-hybridized carbons (Fsp3) is 0.571. The lowest BCUT2D eigenvalue weighted by Gasteiger charge is -2.21. The minimum atomic E-state index is -0.558. The van der Waals surface area contributed by atoms with Crippen LogP contribution in [0.2, 0.25) is 0 Å². The summed E-state index contributed by atoms with van der Waals surface area (Å²) in [5, 5.41) is 6.20. The zero-order valence-corrected chi connectivity index (χ0v) is 11.8. The number of rotatable bonds is 8. The van der Waals surface area contributed by atoms with E-state index in [0.717, 1.165) is 25.7 Å². The molecule has 0 aromatic heterocycles. The van der Waals surface area contributed by atoms with E-state index in [0.29, 0.717) is 18.3 Å². The van der Waals surface area contributed by atoms with Crippen molar-refractivity contribution < 1.29 is 8.78 Å². The van der Waals surface area contributed by atoms with Crippen LogP contribution in [0.25, 0.3) is 0 Å². The van der Waals surface area contributed by atoms with Crippen molar-refractivity contribution in [3.8, 4) is 0 Å². The van der Waals surface area contributed by atoms with Gasteiger partial charge in [0.05, 0.1) is 5.69 Å². The number of benzene rings is 1. The molecule has 0 heterocycles.